The summed E-state index contributed by atoms with van der Waals surface area (Å²) in [5, 5.41) is 12.8. The van der Waals surface area contributed by atoms with Crippen molar-refractivity contribution in [2.45, 2.75) is 45.2 Å². The monoisotopic (exact) mass is 261 g/mol. The van der Waals surface area contributed by atoms with Gasteiger partial charge in [0.2, 0.25) is 0 Å². The molecule has 0 spiro atoms. The van der Waals surface area contributed by atoms with Gasteiger partial charge in [0.15, 0.2) is 0 Å². The maximum atomic E-state index is 11.5. The second-order valence-electron chi connectivity index (χ2n) is 5.76. The number of aliphatic carboxylic acids is 1. The molecule has 2 N–H and O–H groups in total. The predicted octanol–water partition coefficient (Wildman–Crippen LogP) is 3.23. The van der Waals surface area contributed by atoms with Crippen molar-refractivity contribution < 1.29 is 9.90 Å². The fourth-order valence-corrected chi connectivity index (χ4v) is 3.16. The zero-order valence-electron chi connectivity index (χ0n) is 11.7. The number of rotatable bonds is 4. The van der Waals surface area contributed by atoms with E-state index in [4.69, 9.17) is 0 Å². The Bertz CT molecular complexity index is 408. The molecule has 19 heavy (non-hydrogen) atoms. The highest BCUT2D eigenvalue weighted by molar-refractivity contribution is 5.75. The van der Waals surface area contributed by atoms with Gasteiger partial charge in [0, 0.05) is 6.04 Å². The molecule has 3 heteroatoms. The highest BCUT2D eigenvalue weighted by atomic mass is 16.4. The van der Waals surface area contributed by atoms with Gasteiger partial charge in [-0.25, -0.2) is 0 Å². The van der Waals surface area contributed by atoms with Gasteiger partial charge in [0.05, 0.1) is 0 Å². The minimum absolute atomic E-state index is 0.287. The summed E-state index contributed by atoms with van der Waals surface area (Å²) in [7, 11) is 0. The largest absolute Gasteiger partial charge is 0.480 e. The average molecular weight is 261 g/mol. The highest BCUT2D eigenvalue weighted by Gasteiger charge is 2.32. The van der Waals surface area contributed by atoms with Gasteiger partial charge in [-0.3, -0.25) is 10.1 Å². The Morgan fingerprint density at radius 1 is 1.21 bits per heavy atom. The molecule has 3 nitrogen and oxygen atoms in total. The molecule has 1 aliphatic carbocycles. The minimum atomic E-state index is -0.795. The van der Waals surface area contributed by atoms with Crippen LogP contribution in [0.4, 0.5) is 0 Å². The Morgan fingerprint density at radius 3 is 2.32 bits per heavy atom. The Balaban J connectivity index is 2.15. The predicted molar refractivity (Wildman–Crippen MR) is 75.9 cm³/mol. The molecule has 3 atom stereocenters. The Kier molecular flexibility index (Phi) is 4.59. The molecule has 0 heterocycles. The molecule has 1 saturated carbocycles. The first-order chi connectivity index (χ1) is 9.09. The first kappa shape index (κ1) is 14.1. The Morgan fingerprint density at radius 2 is 1.79 bits per heavy atom. The fourth-order valence-electron chi connectivity index (χ4n) is 3.16. The van der Waals surface area contributed by atoms with Crippen LogP contribution in [0, 0.1) is 11.8 Å². The molecule has 0 amide bonds. The number of benzene rings is 1. The standard InChI is InChI=1S/C16H23NO2/c1-11-7-6-8-12(2)14(11)17-15(16(18)19)13-9-4-3-5-10-13/h3-5,9-12,14-15,17H,6-8H2,1-2H3,(H,18,19). The molecule has 1 aromatic rings. The highest BCUT2D eigenvalue weighted by Crippen LogP contribution is 2.30. The molecule has 1 aromatic carbocycles. The van der Waals surface area contributed by atoms with Crippen molar-refractivity contribution in [3.63, 3.8) is 0 Å². The summed E-state index contributed by atoms with van der Waals surface area (Å²) in [4.78, 5) is 11.5. The first-order valence-corrected chi connectivity index (χ1v) is 7.13. The molecule has 0 aromatic heterocycles. The third-order valence-electron chi connectivity index (χ3n) is 4.28. The molecule has 2 rings (SSSR count). The molecule has 104 valence electrons. The van der Waals surface area contributed by atoms with Crippen molar-refractivity contribution in [3.8, 4) is 0 Å². The van der Waals surface area contributed by atoms with E-state index < -0.39 is 12.0 Å². The van der Waals surface area contributed by atoms with Crippen molar-refractivity contribution in [2.24, 2.45) is 11.8 Å². The van der Waals surface area contributed by atoms with E-state index in [1.165, 1.54) is 19.3 Å². The number of hydrogen-bond acceptors (Lipinski definition) is 2. The van der Waals surface area contributed by atoms with E-state index in [9.17, 15) is 9.90 Å². The van der Waals surface area contributed by atoms with E-state index >= 15 is 0 Å². The SMILES string of the molecule is CC1CCCC(C)C1NC(C(=O)O)c1ccccc1. The summed E-state index contributed by atoms with van der Waals surface area (Å²) in [5.74, 6) is 0.278. The summed E-state index contributed by atoms with van der Waals surface area (Å²) in [5.41, 5.74) is 0.833. The Labute approximate surface area is 115 Å². The third kappa shape index (κ3) is 3.35. The maximum Gasteiger partial charge on any atom is 0.325 e. The van der Waals surface area contributed by atoms with Crippen LogP contribution in [-0.2, 0) is 4.79 Å². The van der Waals surface area contributed by atoms with Crippen molar-refractivity contribution in [3.05, 3.63) is 35.9 Å². The summed E-state index contributed by atoms with van der Waals surface area (Å²) in [6.07, 6.45) is 3.62. The second-order valence-corrected chi connectivity index (χ2v) is 5.76. The smallest absolute Gasteiger partial charge is 0.325 e. The molecular formula is C16H23NO2. The van der Waals surface area contributed by atoms with Crippen LogP contribution in [-0.4, -0.2) is 17.1 Å². The summed E-state index contributed by atoms with van der Waals surface area (Å²) in [6, 6.07) is 9.13. The van der Waals surface area contributed by atoms with Crippen LogP contribution in [0.1, 0.15) is 44.7 Å². The van der Waals surface area contributed by atoms with Crippen molar-refractivity contribution in [2.75, 3.05) is 0 Å². The van der Waals surface area contributed by atoms with Crippen LogP contribution >= 0.6 is 0 Å². The van der Waals surface area contributed by atoms with Crippen molar-refractivity contribution >= 4 is 5.97 Å². The topological polar surface area (TPSA) is 49.3 Å². The average Bonchev–Trinajstić information content (AvgIpc) is 2.39. The van der Waals surface area contributed by atoms with Gasteiger partial charge in [0.1, 0.15) is 6.04 Å². The van der Waals surface area contributed by atoms with Gasteiger partial charge in [0.25, 0.3) is 0 Å². The van der Waals surface area contributed by atoms with E-state index in [0.29, 0.717) is 11.8 Å². The first-order valence-electron chi connectivity index (χ1n) is 7.13. The molecule has 0 bridgehead atoms. The number of hydrogen-bond donors (Lipinski definition) is 2. The van der Waals surface area contributed by atoms with Gasteiger partial charge in [-0.1, -0.05) is 50.6 Å². The second kappa shape index (κ2) is 6.20. The van der Waals surface area contributed by atoms with Crippen LogP contribution in [0.25, 0.3) is 0 Å². The van der Waals surface area contributed by atoms with E-state index in [1.807, 2.05) is 30.3 Å². The van der Waals surface area contributed by atoms with Gasteiger partial charge in [-0.15, -0.1) is 0 Å². The number of carbonyl (C=O) groups is 1. The molecular weight excluding hydrogens is 238 g/mol. The lowest BCUT2D eigenvalue weighted by Crippen LogP contribution is -2.46. The number of carboxylic acid groups (broad SMARTS) is 1. The van der Waals surface area contributed by atoms with E-state index in [0.717, 1.165) is 5.56 Å². The number of nitrogens with one attached hydrogen (secondary N) is 1. The van der Waals surface area contributed by atoms with Crippen LogP contribution in [0.2, 0.25) is 0 Å². The van der Waals surface area contributed by atoms with Gasteiger partial charge < -0.3 is 5.11 Å². The lowest BCUT2D eigenvalue weighted by atomic mass is 9.78. The maximum absolute atomic E-state index is 11.5. The summed E-state index contributed by atoms with van der Waals surface area (Å²) >= 11 is 0. The molecule has 0 aliphatic heterocycles. The van der Waals surface area contributed by atoms with E-state index in [-0.39, 0.29) is 6.04 Å². The molecule has 1 aliphatic rings. The van der Waals surface area contributed by atoms with Crippen molar-refractivity contribution in [1.82, 2.24) is 5.32 Å². The zero-order valence-corrected chi connectivity index (χ0v) is 11.7. The Hall–Kier alpha value is -1.35. The lowest BCUT2D eigenvalue weighted by molar-refractivity contribution is -0.140. The third-order valence-corrected chi connectivity index (χ3v) is 4.28. The quantitative estimate of drug-likeness (QED) is 0.875. The van der Waals surface area contributed by atoms with Crippen LogP contribution in [0.3, 0.4) is 0 Å². The fraction of sp³-hybridized carbons (Fsp3) is 0.562. The van der Waals surface area contributed by atoms with E-state index in [1.54, 1.807) is 0 Å². The van der Waals surface area contributed by atoms with Crippen LogP contribution < -0.4 is 5.32 Å². The van der Waals surface area contributed by atoms with Crippen LogP contribution in [0.5, 0.6) is 0 Å². The molecule has 3 unspecified atom stereocenters. The normalized spacial score (nSPS) is 28.8. The molecule has 0 saturated heterocycles. The number of carboxylic acids is 1. The van der Waals surface area contributed by atoms with Gasteiger partial charge in [-0.05, 0) is 30.2 Å². The van der Waals surface area contributed by atoms with Gasteiger partial charge in [-0.2, -0.15) is 0 Å². The van der Waals surface area contributed by atoms with E-state index in [2.05, 4.69) is 19.2 Å². The minimum Gasteiger partial charge on any atom is -0.480 e. The lowest BCUT2D eigenvalue weighted by Gasteiger charge is -2.37. The van der Waals surface area contributed by atoms with Crippen molar-refractivity contribution in [1.29, 1.82) is 0 Å². The molecule has 1 fully saturated rings. The summed E-state index contributed by atoms with van der Waals surface area (Å²) < 4.78 is 0. The zero-order chi connectivity index (χ0) is 13.8. The molecule has 0 radical (unpaired) electrons. The van der Waals surface area contributed by atoms with Crippen LogP contribution in [0.15, 0.2) is 30.3 Å². The summed E-state index contributed by atoms with van der Waals surface area (Å²) in [6.45, 7) is 4.44. The van der Waals surface area contributed by atoms with Gasteiger partial charge >= 0.3 is 5.97 Å².